The van der Waals surface area contributed by atoms with Gasteiger partial charge in [0.25, 0.3) is 0 Å². The number of nitrogens with two attached hydrogens (primary N) is 2. The highest BCUT2D eigenvalue weighted by molar-refractivity contribution is 5.54. The summed E-state index contributed by atoms with van der Waals surface area (Å²) in [5.41, 5.74) is 13.4. The quantitative estimate of drug-likeness (QED) is 0.764. The van der Waals surface area contributed by atoms with E-state index in [0.717, 1.165) is 11.1 Å². The third-order valence-corrected chi connectivity index (χ3v) is 2.24. The molecule has 0 aliphatic carbocycles. The maximum Gasteiger partial charge on any atom is 0.132 e. The van der Waals surface area contributed by atoms with Crippen molar-refractivity contribution in [1.29, 1.82) is 0 Å². The fraction of sp³-hybridized carbons (Fsp3) is 0.0909. The molecule has 0 saturated carbocycles. The van der Waals surface area contributed by atoms with Crippen LogP contribution in [0.4, 0.5) is 11.6 Å². The van der Waals surface area contributed by atoms with Gasteiger partial charge in [-0.05, 0) is 5.56 Å². The first-order valence-corrected chi connectivity index (χ1v) is 4.66. The van der Waals surface area contributed by atoms with Crippen LogP contribution in [0.1, 0.15) is 11.1 Å². The number of aromatic nitrogens is 2. The Morgan fingerprint density at radius 1 is 0.933 bits per heavy atom. The number of hydrogen-bond acceptors (Lipinski definition) is 4. The first kappa shape index (κ1) is 9.45. The monoisotopic (exact) mass is 200 g/mol. The van der Waals surface area contributed by atoms with Crippen LogP contribution in [0, 0.1) is 0 Å². The van der Waals surface area contributed by atoms with Gasteiger partial charge in [0.1, 0.15) is 18.0 Å². The van der Waals surface area contributed by atoms with E-state index in [1.165, 1.54) is 6.33 Å². The zero-order chi connectivity index (χ0) is 10.7. The Labute approximate surface area is 88.0 Å². The summed E-state index contributed by atoms with van der Waals surface area (Å²) in [7, 11) is 0. The van der Waals surface area contributed by atoms with Crippen molar-refractivity contribution in [3.05, 3.63) is 47.8 Å². The Kier molecular flexibility index (Phi) is 2.49. The maximum atomic E-state index is 5.74. The van der Waals surface area contributed by atoms with Crippen molar-refractivity contribution in [2.75, 3.05) is 11.5 Å². The summed E-state index contributed by atoms with van der Waals surface area (Å²) in [6, 6.07) is 9.96. The predicted molar refractivity (Wildman–Crippen MR) is 60.1 cm³/mol. The normalized spacial score (nSPS) is 10.1. The summed E-state index contributed by atoms with van der Waals surface area (Å²) in [6.45, 7) is 0. The minimum absolute atomic E-state index is 0.450. The van der Waals surface area contributed by atoms with Crippen LogP contribution in [0.5, 0.6) is 0 Å². The number of benzene rings is 1. The van der Waals surface area contributed by atoms with E-state index in [0.29, 0.717) is 18.1 Å². The second kappa shape index (κ2) is 3.96. The zero-order valence-electron chi connectivity index (χ0n) is 8.22. The molecule has 2 rings (SSSR count). The van der Waals surface area contributed by atoms with E-state index in [-0.39, 0.29) is 0 Å². The summed E-state index contributed by atoms with van der Waals surface area (Å²) in [4.78, 5) is 7.85. The van der Waals surface area contributed by atoms with Gasteiger partial charge in [0.05, 0.1) is 0 Å². The summed E-state index contributed by atoms with van der Waals surface area (Å²) in [5, 5.41) is 0. The predicted octanol–water partition coefficient (Wildman–Crippen LogP) is 1.23. The van der Waals surface area contributed by atoms with Gasteiger partial charge in [-0.25, -0.2) is 9.97 Å². The molecule has 0 saturated heterocycles. The Morgan fingerprint density at radius 3 is 2.13 bits per heavy atom. The lowest BCUT2D eigenvalue weighted by Gasteiger charge is -2.06. The molecule has 0 fully saturated rings. The number of anilines is 2. The third kappa shape index (κ3) is 2.04. The van der Waals surface area contributed by atoms with Gasteiger partial charge in [-0.1, -0.05) is 30.3 Å². The van der Waals surface area contributed by atoms with E-state index in [2.05, 4.69) is 9.97 Å². The van der Waals surface area contributed by atoms with Crippen molar-refractivity contribution in [1.82, 2.24) is 9.97 Å². The molecule has 2 aromatic rings. The van der Waals surface area contributed by atoms with Crippen LogP contribution in [0.25, 0.3) is 0 Å². The van der Waals surface area contributed by atoms with Crippen molar-refractivity contribution in [2.24, 2.45) is 0 Å². The van der Waals surface area contributed by atoms with Gasteiger partial charge in [0, 0.05) is 12.0 Å². The maximum absolute atomic E-state index is 5.74. The average Bonchev–Trinajstić information content (AvgIpc) is 2.25. The lowest BCUT2D eigenvalue weighted by molar-refractivity contribution is 1.09. The van der Waals surface area contributed by atoms with Crippen LogP contribution in [-0.4, -0.2) is 9.97 Å². The van der Waals surface area contributed by atoms with E-state index in [9.17, 15) is 0 Å². The Balaban J connectivity index is 2.32. The molecule has 4 nitrogen and oxygen atoms in total. The van der Waals surface area contributed by atoms with Crippen molar-refractivity contribution in [3.63, 3.8) is 0 Å². The van der Waals surface area contributed by atoms with Gasteiger partial charge in [-0.2, -0.15) is 0 Å². The SMILES string of the molecule is Nc1ncnc(N)c1Cc1ccccc1. The van der Waals surface area contributed by atoms with Crippen molar-refractivity contribution in [3.8, 4) is 0 Å². The van der Waals surface area contributed by atoms with Gasteiger partial charge in [0.15, 0.2) is 0 Å². The molecule has 0 atom stereocenters. The molecule has 4 N–H and O–H groups in total. The molecule has 1 aromatic heterocycles. The summed E-state index contributed by atoms with van der Waals surface area (Å²) in [5.74, 6) is 0.901. The minimum atomic E-state index is 0.450. The van der Waals surface area contributed by atoms with Gasteiger partial charge in [-0.3, -0.25) is 0 Å². The fourth-order valence-electron chi connectivity index (χ4n) is 1.42. The second-order valence-electron chi connectivity index (χ2n) is 3.29. The molecule has 0 spiro atoms. The van der Waals surface area contributed by atoms with Gasteiger partial charge >= 0.3 is 0 Å². The molecular weight excluding hydrogens is 188 g/mol. The van der Waals surface area contributed by atoms with Gasteiger partial charge < -0.3 is 11.5 Å². The average molecular weight is 200 g/mol. The molecule has 0 radical (unpaired) electrons. The van der Waals surface area contributed by atoms with E-state index in [1.807, 2.05) is 30.3 Å². The van der Waals surface area contributed by atoms with Crippen LogP contribution in [-0.2, 0) is 6.42 Å². The number of rotatable bonds is 2. The molecule has 1 aromatic carbocycles. The molecule has 0 unspecified atom stereocenters. The molecule has 0 amide bonds. The minimum Gasteiger partial charge on any atom is -0.383 e. The number of hydrogen-bond donors (Lipinski definition) is 2. The Hall–Kier alpha value is -2.10. The third-order valence-electron chi connectivity index (χ3n) is 2.24. The Morgan fingerprint density at radius 2 is 1.53 bits per heavy atom. The lowest BCUT2D eigenvalue weighted by atomic mass is 10.1. The topological polar surface area (TPSA) is 77.8 Å². The molecule has 0 bridgehead atoms. The van der Waals surface area contributed by atoms with E-state index >= 15 is 0 Å². The molecule has 0 aliphatic heterocycles. The molecule has 76 valence electrons. The molecular formula is C11H12N4. The van der Waals surface area contributed by atoms with Crippen molar-refractivity contribution in [2.45, 2.75) is 6.42 Å². The molecule has 4 heteroatoms. The van der Waals surface area contributed by atoms with E-state index < -0.39 is 0 Å². The molecule has 1 heterocycles. The lowest BCUT2D eigenvalue weighted by Crippen LogP contribution is -2.05. The van der Waals surface area contributed by atoms with E-state index in [1.54, 1.807) is 0 Å². The van der Waals surface area contributed by atoms with Crippen LogP contribution >= 0.6 is 0 Å². The fourth-order valence-corrected chi connectivity index (χ4v) is 1.42. The van der Waals surface area contributed by atoms with Crippen LogP contribution in [0.3, 0.4) is 0 Å². The second-order valence-corrected chi connectivity index (χ2v) is 3.29. The van der Waals surface area contributed by atoms with Gasteiger partial charge in [0.2, 0.25) is 0 Å². The Bertz CT molecular complexity index is 433. The van der Waals surface area contributed by atoms with Crippen molar-refractivity contribution >= 4 is 11.6 Å². The first-order chi connectivity index (χ1) is 7.27. The number of nitrogens with zero attached hydrogens (tertiary/aromatic N) is 2. The smallest absolute Gasteiger partial charge is 0.132 e. The highest BCUT2D eigenvalue weighted by atomic mass is 15.0. The largest absolute Gasteiger partial charge is 0.383 e. The number of nitrogen functional groups attached to an aromatic ring is 2. The highest BCUT2D eigenvalue weighted by Crippen LogP contribution is 2.18. The molecule has 0 aliphatic rings. The first-order valence-electron chi connectivity index (χ1n) is 4.66. The van der Waals surface area contributed by atoms with Crippen LogP contribution in [0.15, 0.2) is 36.7 Å². The zero-order valence-corrected chi connectivity index (χ0v) is 8.22. The molecule has 15 heavy (non-hydrogen) atoms. The van der Waals surface area contributed by atoms with E-state index in [4.69, 9.17) is 11.5 Å². The summed E-state index contributed by atoms with van der Waals surface area (Å²) < 4.78 is 0. The van der Waals surface area contributed by atoms with Gasteiger partial charge in [-0.15, -0.1) is 0 Å². The summed E-state index contributed by atoms with van der Waals surface area (Å²) in [6.07, 6.45) is 2.04. The van der Waals surface area contributed by atoms with Crippen LogP contribution in [0.2, 0.25) is 0 Å². The highest BCUT2D eigenvalue weighted by Gasteiger charge is 2.06. The van der Waals surface area contributed by atoms with Crippen molar-refractivity contribution < 1.29 is 0 Å². The standard InChI is InChI=1S/C11H12N4/c12-10-9(11(13)15-7-14-10)6-8-4-2-1-3-5-8/h1-5,7H,6H2,(H4,12,13,14,15). The summed E-state index contributed by atoms with van der Waals surface area (Å²) >= 11 is 0. The van der Waals surface area contributed by atoms with Crippen LogP contribution < -0.4 is 11.5 Å².